The van der Waals surface area contributed by atoms with Gasteiger partial charge in [-0.1, -0.05) is 46.3 Å². The maximum absolute atomic E-state index is 13.4. The Bertz CT molecular complexity index is 1080. The second-order valence-corrected chi connectivity index (χ2v) is 6.94. The van der Waals surface area contributed by atoms with E-state index in [1.165, 1.54) is 12.1 Å². The van der Waals surface area contributed by atoms with Crippen LogP contribution in [0.25, 0.3) is 33.9 Å². The highest BCUT2D eigenvalue weighted by molar-refractivity contribution is 9.10. The molecule has 3 nitrogen and oxygen atoms in total. The van der Waals surface area contributed by atoms with Gasteiger partial charge in [0.15, 0.2) is 0 Å². The number of halogens is 2. The number of imidazole rings is 1. The minimum absolute atomic E-state index is 0.270. The van der Waals surface area contributed by atoms with Gasteiger partial charge in [-0.15, -0.1) is 0 Å². The molecule has 0 radical (unpaired) electrons. The topological polar surface area (TPSA) is 37.9 Å². The van der Waals surface area contributed by atoms with Crippen molar-refractivity contribution in [3.8, 4) is 39.7 Å². The Balaban J connectivity index is 1.93. The van der Waals surface area contributed by atoms with E-state index in [0.29, 0.717) is 5.82 Å². The molecule has 1 heterocycles. The largest absolute Gasteiger partial charge is 0.496 e. The first-order valence-corrected chi connectivity index (χ1v) is 9.20. The number of H-pyrrole nitrogens is 1. The molecule has 4 rings (SSSR count). The van der Waals surface area contributed by atoms with Gasteiger partial charge in [-0.3, -0.25) is 0 Å². The fourth-order valence-corrected chi connectivity index (χ4v) is 3.36. The molecule has 1 N–H and O–H groups in total. The van der Waals surface area contributed by atoms with Crippen LogP contribution in [-0.2, 0) is 0 Å². The monoisotopic (exact) mass is 422 g/mol. The number of hydrogen-bond donors (Lipinski definition) is 1. The van der Waals surface area contributed by atoms with Gasteiger partial charge >= 0.3 is 0 Å². The summed E-state index contributed by atoms with van der Waals surface area (Å²) in [5.74, 6) is 1.14. The molecular formula is C22H16BrFN2O. The van der Waals surface area contributed by atoms with Crippen molar-refractivity contribution in [2.24, 2.45) is 0 Å². The summed E-state index contributed by atoms with van der Waals surface area (Å²) in [6.07, 6.45) is 0. The third-order valence-corrected chi connectivity index (χ3v) is 4.79. The number of nitrogens with one attached hydrogen (secondary N) is 1. The van der Waals surface area contributed by atoms with Crippen molar-refractivity contribution in [2.75, 3.05) is 7.11 Å². The predicted octanol–water partition coefficient (Wildman–Crippen LogP) is 6.32. The van der Waals surface area contributed by atoms with Crippen LogP contribution in [0, 0.1) is 5.82 Å². The van der Waals surface area contributed by atoms with E-state index in [4.69, 9.17) is 9.72 Å². The van der Waals surface area contributed by atoms with Gasteiger partial charge in [-0.05, 0) is 42.5 Å². The molecular weight excluding hydrogens is 407 g/mol. The zero-order chi connectivity index (χ0) is 18.8. The van der Waals surface area contributed by atoms with E-state index >= 15 is 0 Å². The Morgan fingerprint density at radius 3 is 2.37 bits per heavy atom. The summed E-state index contributed by atoms with van der Waals surface area (Å²) < 4.78 is 19.8. The van der Waals surface area contributed by atoms with E-state index in [2.05, 4.69) is 20.9 Å². The average Bonchev–Trinajstić information content (AvgIpc) is 3.14. The highest BCUT2D eigenvalue weighted by Gasteiger charge is 2.17. The Labute approximate surface area is 165 Å². The van der Waals surface area contributed by atoms with Crippen molar-refractivity contribution in [3.63, 3.8) is 0 Å². The lowest BCUT2D eigenvalue weighted by Crippen LogP contribution is -1.89. The number of nitrogens with zero attached hydrogens (tertiary/aromatic N) is 1. The number of aromatic nitrogens is 2. The first-order valence-electron chi connectivity index (χ1n) is 8.41. The van der Waals surface area contributed by atoms with Crippen molar-refractivity contribution >= 4 is 15.9 Å². The number of rotatable bonds is 4. The van der Waals surface area contributed by atoms with Crippen LogP contribution >= 0.6 is 15.9 Å². The zero-order valence-corrected chi connectivity index (χ0v) is 16.1. The summed E-state index contributed by atoms with van der Waals surface area (Å²) in [6, 6.07) is 22.1. The number of aromatic amines is 1. The van der Waals surface area contributed by atoms with Crippen LogP contribution in [0.3, 0.4) is 0 Å². The molecule has 0 aliphatic heterocycles. The Morgan fingerprint density at radius 1 is 0.926 bits per heavy atom. The average molecular weight is 423 g/mol. The molecule has 0 saturated heterocycles. The molecule has 4 aromatic rings. The zero-order valence-electron chi connectivity index (χ0n) is 14.5. The summed E-state index contributed by atoms with van der Waals surface area (Å²) in [7, 11) is 1.63. The maximum Gasteiger partial charge on any atom is 0.142 e. The second-order valence-electron chi connectivity index (χ2n) is 6.03. The molecule has 0 saturated carbocycles. The standard InChI is InChI=1S/C22H16BrFN2O/c1-27-19-12-9-16(23)13-18(19)22-25-20(14-5-3-2-4-6-14)21(26-22)15-7-10-17(24)11-8-15/h2-13H,1H3,(H,25,26). The van der Waals surface area contributed by atoms with Crippen molar-refractivity contribution in [2.45, 2.75) is 0 Å². The summed E-state index contributed by atoms with van der Waals surface area (Å²) in [5.41, 5.74) is 4.33. The van der Waals surface area contributed by atoms with Crippen LogP contribution in [0.5, 0.6) is 5.75 Å². The van der Waals surface area contributed by atoms with E-state index in [-0.39, 0.29) is 5.82 Å². The van der Waals surface area contributed by atoms with E-state index in [0.717, 1.165) is 38.3 Å². The Morgan fingerprint density at radius 2 is 1.67 bits per heavy atom. The van der Waals surface area contributed by atoms with Gasteiger partial charge in [0, 0.05) is 15.6 Å². The van der Waals surface area contributed by atoms with E-state index < -0.39 is 0 Å². The highest BCUT2D eigenvalue weighted by atomic mass is 79.9. The maximum atomic E-state index is 13.4. The van der Waals surface area contributed by atoms with Crippen LogP contribution in [0.4, 0.5) is 4.39 Å². The van der Waals surface area contributed by atoms with Gasteiger partial charge in [0.1, 0.15) is 17.4 Å². The van der Waals surface area contributed by atoms with Gasteiger partial charge in [0.05, 0.1) is 24.1 Å². The molecule has 0 amide bonds. The smallest absolute Gasteiger partial charge is 0.142 e. The van der Waals surface area contributed by atoms with Crippen LogP contribution in [0.1, 0.15) is 0 Å². The fourth-order valence-electron chi connectivity index (χ4n) is 3.00. The van der Waals surface area contributed by atoms with E-state index in [1.54, 1.807) is 19.2 Å². The fraction of sp³-hybridized carbons (Fsp3) is 0.0455. The molecule has 0 aliphatic rings. The molecule has 134 valence electrons. The molecule has 0 bridgehead atoms. The summed E-state index contributed by atoms with van der Waals surface area (Å²) in [6.45, 7) is 0. The van der Waals surface area contributed by atoms with Crippen molar-refractivity contribution in [1.82, 2.24) is 9.97 Å². The number of ether oxygens (including phenoxy) is 1. The lowest BCUT2D eigenvalue weighted by molar-refractivity contribution is 0.416. The molecule has 0 atom stereocenters. The molecule has 5 heteroatoms. The number of methoxy groups -OCH3 is 1. The van der Waals surface area contributed by atoms with Crippen LogP contribution in [0.15, 0.2) is 77.3 Å². The van der Waals surface area contributed by atoms with Crippen molar-refractivity contribution < 1.29 is 9.13 Å². The lowest BCUT2D eigenvalue weighted by atomic mass is 10.1. The minimum Gasteiger partial charge on any atom is -0.496 e. The molecule has 3 aromatic carbocycles. The minimum atomic E-state index is -0.270. The number of benzene rings is 3. The van der Waals surface area contributed by atoms with E-state index in [1.807, 2.05) is 48.5 Å². The van der Waals surface area contributed by atoms with Crippen LogP contribution < -0.4 is 4.74 Å². The summed E-state index contributed by atoms with van der Waals surface area (Å²) in [4.78, 5) is 8.25. The first kappa shape index (κ1) is 17.5. The normalized spacial score (nSPS) is 10.8. The van der Waals surface area contributed by atoms with Crippen LogP contribution in [0.2, 0.25) is 0 Å². The summed E-state index contributed by atoms with van der Waals surface area (Å²) in [5, 5.41) is 0. The predicted molar refractivity (Wildman–Crippen MR) is 109 cm³/mol. The molecule has 27 heavy (non-hydrogen) atoms. The van der Waals surface area contributed by atoms with Crippen LogP contribution in [-0.4, -0.2) is 17.1 Å². The first-order chi connectivity index (χ1) is 13.2. The molecule has 0 fully saturated rings. The van der Waals surface area contributed by atoms with Gasteiger partial charge in [0.25, 0.3) is 0 Å². The molecule has 0 unspecified atom stereocenters. The number of hydrogen-bond acceptors (Lipinski definition) is 2. The third kappa shape index (κ3) is 3.51. The highest BCUT2D eigenvalue weighted by Crippen LogP contribution is 2.37. The van der Waals surface area contributed by atoms with Gasteiger partial charge in [-0.25, -0.2) is 9.37 Å². The molecule has 1 aromatic heterocycles. The van der Waals surface area contributed by atoms with Crippen molar-refractivity contribution in [3.05, 3.63) is 83.1 Å². The SMILES string of the molecule is COc1ccc(Br)cc1-c1nc(-c2ccccc2)c(-c2ccc(F)cc2)[nH]1. The lowest BCUT2D eigenvalue weighted by Gasteiger charge is -2.06. The van der Waals surface area contributed by atoms with Crippen molar-refractivity contribution in [1.29, 1.82) is 0 Å². The Kier molecular flexibility index (Phi) is 4.77. The second kappa shape index (κ2) is 7.37. The third-order valence-electron chi connectivity index (χ3n) is 4.30. The van der Waals surface area contributed by atoms with Gasteiger partial charge in [0.2, 0.25) is 0 Å². The van der Waals surface area contributed by atoms with Gasteiger partial charge < -0.3 is 9.72 Å². The Hall–Kier alpha value is -2.92. The van der Waals surface area contributed by atoms with E-state index in [9.17, 15) is 4.39 Å². The quantitative estimate of drug-likeness (QED) is 0.417. The molecule has 0 aliphatic carbocycles. The van der Waals surface area contributed by atoms with Gasteiger partial charge in [-0.2, -0.15) is 0 Å². The molecule has 0 spiro atoms. The summed E-state index contributed by atoms with van der Waals surface area (Å²) >= 11 is 3.51.